The number of nitrogens with zero attached hydrogens (tertiary/aromatic N) is 3. The Balaban J connectivity index is 2.58. The molecule has 0 saturated carbocycles. The van der Waals surface area contributed by atoms with Gasteiger partial charge in [0.15, 0.2) is 0 Å². The lowest BCUT2D eigenvalue weighted by Crippen LogP contribution is -1.96. The van der Waals surface area contributed by atoms with Gasteiger partial charge in [-0.2, -0.15) is 4.98 Å². The second kappa shape index (κ2) is 3.34. The van der Waals surface area contributed by atoms with E-state index in [1.54, 1.807) is 6.20 Å². The molecule has 2 heterocycles. The van der Waals surface area contributed by atoms with Gasteiger partial charge in [-0.3, -0.25) is 0 Å². The predicted molar refractivity (Wildman–Crippen MR) is 52.8 cm³/mol. The molecule has 2 aromatic rings. The number of hydrogen-bond donors (Lipinski definition) is 0. The molecule has 0 aliphatic heterocycles. The minimum atomic E-state index is 0.309. The van der Waals surface area contributed by atoms with Gasteiger partial charge in [0.2, 0.25) is 5.28 Å². The zero-order chi connectivity index (χ0) is 9.26. The van der Waals surface area contributed by atoms with E-state index in [4.69, 9.17) is 11.6 Å². The van der Waals surface area contributed by atoms with Gasteiger partial charge in [-0.15, -0.1) is 0 Å². The Labute approximate surface area is 81.4 Å². The Kier molecular flexibility index (Phi) is 2.19. The molecule has 2 rings (SSSR count). The fourth-order valence-electron chi connectivity index (χ4n) is 1.37. The third-order valence-electron chi connectivity index (χ3n) is 1.94. The first-order chi connectivity index (χ1) is 6.31. The summed E-state index contributed by atoms with van der Waals surface area (Å²) in [6.07, 6.45) is 4.85. The third-order valence-corrected chi connectivity index (χ3v) is 2.12. The van der Waals surface area contributed by atoms with Crippen molar-refractivity contribution in [3.63, 3.8) is 0 Å². The van der Waals surface area contributed by atoms with E-state index in [1.165, 1.54) is 0 Å². The quantitative estimate of drug-likeness (QED) is 0.690. The Morgan fingerprint density at radius 3 is 3.15 bits per heavy atom. The Morgan fingerprint density at radius 1 is 1.54 bits per heavy atom. The molecule has 0 aromatic carbocycles. The molecular weight excluding hydrogens is 186 g/mol. The van der Waals surface area contributed by atoms with Crippen molar-refractivity contribution in [2.75, 3.05) is 0 Å². The Bertz CT molecular complexity index is 422. The summed E-state index contributed by atoms with van der Waals surface area (Å²) in [5, 5.41) is 1.35. The SMILES string of the molecule is CCCn1ccc2cnc(Cl)nc21. The van der Waals surface area contributed by atoms with E-state index in [2.05, 4.69) is 21.5 Å². The smallest absolute Gasteiger partial charge is 0.224 e. The van der Waals surface area contributed by atoms with Crippen LogP contribution in [0.1, 0.15) is 13.3 Å². The molecule has 2 aromatic heterocycles. The average Bonchev–Trinajstić information content (AvgIpc) is 2.49. The topological polar surface area (TPSA) is 30.7 Å². The van der Waals surface area contributed by atoms with E-state index in [0.717, 1.165) is 24.0 Å². The van der Waals surface area contributed by atoms with Gasteiger partial charge in [0, 0.05) is 24.3 Å². The summed E-state index contributed by atoms with van der Waals surface area (Å²) < 4.78 is 2.09. The number of aryl methyl sites for hydroxylation is 1. The largest absolute Gasteiger partial charge is 0.332 e. The van der Waals surface area contributed by atoms with E-state index >= 15 is 0 Å². The van der Waals surface area contributed by atoms with Crippen LogP contribution in [0.3, 0.4) is 0 Å². The zero-order valence-corrected chi connectivity index (χ0v) is 8.12. The normalized spacial score (nSPS) is 10.9. The van der Waals surface area contributed by atoms with Gasteiger partial charge < -0.3 is 4.57 Å². The molecule has 13 heavy (non-hydrogen) atoms. The van der Waals surface area contributed by atoms with Gasteiger partial charge in [-0.25, -0.2) is 4.98 Å². The zero-order valence-electron chi connectivity index (χ0n) is 7.37. The van der Waals surface area contributed by atoms with Gasteiger partial charge >= 0.3 is 0 Å². The van der Waals surface area contributed by atoms with Crippen molar-refractivity contribution >= 4 is 22.6 Å². The third kappa shape index (κ3) is 1.52. The molecule has 0 aliphatic carbocycles. The molecule has 4 heteroatoms. The van der Waals surface area contributed by atoms with Crippen molar-refractivity contribution in [2.24, 2.45) is 0 Å². The number of halogens is 1. The lowest BCUT2D eigenvalue weighted by Gasteiger charge is -2.00. The second-order valence-corrected chi connectivity index (χ2v) is 3.27. The van der Waals surface area contributed by atoms with Gasteiger partial charge in [0.25, 0.3) is 0 Å². The molecule has 0 fully saturated rings. The van der Waals surface area contributed by atoms with Crippen LogP contribution in [0, 0.1) is 0 Å². The summed E-state index contributed by atoms with van der Waals surface area (Å²) in [5.74, 6) is 0. The maximum Gasteiger partial charge on any atom is 0.224 e. The highest BCUT2D eigenvalue weighted by atomic mass is 35.5. The first-order valence-electron chi connectivity index (χ1n) is 4.28. The van der Waals surface area contributed by atoms with Crippen LogP contribution in [0.2, 0.25) is 5.28 Å². The molecule has 0 N–H and O–H groups in total. The van der Waals surface area contributed by atoms with Crippen molar-refractivity contribution in [1.82, 2.24) is 14.5 Å². The minimum Gasteiger partial charge on any atom is -0.332 e. The van der Waals surface area contributed by atoms with Crippen molar-refractivity contribution in [3.8, 4) is 0 Å². The summed E-state index contributed by atoms with van der Waals surface area (Å²) in [5.41, 5.74) is 0.918. The number of rotatable bonds is 2. The van der Waals surface area contributed by atoms with Gasteiger partial charge in [-0.1, -0.05) is 6.92 Å². The van der Waals surface area contributed by atoms with E-state index in [-0.39, 0.29) is 0 Å². The fourth-order valence-corrected chi connectivity index (χ4v) is 1.50. The first-order valence-corrected chi connectivity index (χ1v) is 4.66. The van der Waals surface area contributed by atoms with Crippen molar-refractivity contribution in [2.45, 2.75) is 19.9 Å². The second-order valence-electron chi connectivity index (χ2n) is 2.93. The number of aromatic nitrogens is 3. The van der Waals surface area contributed by atoms with E-state index in [0.29, 0.717) is 5.28 Å². The van der Waals surface area contributed by atoms with E-state index < -0.39 is 0 Å². The molecule has 0 atom stereocenters. The average molecular weight is 196 g/mol. The maximum absolute atomic E-state index is 5.71. The van der Waals surface area contributed by atoms with E-state index in [9.17, 15) is 0 Å². The van der Waals surface area contributed by atoms with Crippen LogP contribution in [0.5, 0.6) is 0 Å². The molecule has 0 radical (unpaired) electrons. The van der Waals surface area contributed by atoms with Crippen LogP contribution < -0.4 is 0 Å². The Morgan fingerprint density at radius 2 is 2.38 bits per heavy atom. The Hall–Kier alpha value is -1.09. The number of hydrogen-bond acceptors (Lipinski definition) is 2. The minimum absolute atomic E-state index is 0.309. The van der Waals surface area contributed by atoms with Crippen LogP contribution in [-0.2, 0) is 6.54 Å². The van der Waals surface area contributed by atoms with Crippen LogP contribution in [0.15, 0.2) is 18.5 Å². The molecular formula is C9H10ClN3. The first kappa shape index (κ1) is 8.51. The van der Waals surface area contributed by atoms with Gasteiger partial charge in [-0.05, 0) is 24.1 Å². The molecule has 0 saturated heterocycles. The summed E-state index contributed by atoms with van der Waals surface area (Å²) in [4.78, 5) is 8.09. The highest BCUT2D eigenvalue weighted by Crippen LogP contribution is 2.14. The summed E-state index contributed by atoms with van der Waals surface area (Å²) in [7, 11) is 0. The summed E-state index contributed by atoms with van der Waals surface area (Å²) >= 11 is 5.71. The summed E-state index contributed by atoms with van der Waals surface area (Å²) in [6, 6.07) is 2.00. The van der Waals surface area contributed by atoms with Crippen LogP contribution in [0.4, 0.5) is 0 Å². The fraction of sp³-hybridized carbons (Fsp3) is 0.333. The van der Waals surface area contributed by atoms with Gasteiger partial charge in [0.05, 0.1) is 0 Å². The molecule has 68 valence electrons. The monoisotopic (exact) mass is 195 g/mol. The molecule has 0 aliphatic rings. The molecule has 0 spiro atoms. The van der Waals surface area contributed by atoms with E-state index in [1.807, 2.05) is 12.3 Å². The lowest BCUT2D eigenvalue weighted by molar-refractivity contribution is 0.697. The number of fused-ring (bicyclic) bond motifs is 1. The van der Waals surface area contributed by atoms with Crippen molar-refractivity contribution < 1.29 is 0 Å². The molecule has 0 unspecified atom stereocenters. The standard InChI is InChI=1S/C9H10ClN3/c1-2-4-13-5-3-7-6-11-9(10)12-8(7)13/h3,5-6H,2,4H2,1H3. The summed E-state index contributed by atoms with van der Waals surface area (Å²) in [6.45, 7) is 3.10. The van der Waals surface area contributed by atoms with Crippen molar-refractivity contribution in [1.29, 1.82) is 0 Å². The lowest BCUT2D eigenvalue weighted by atomic mass is 10.4. The van der Waals surface area contributed by atoms with Crippen molar-refractivity contribution in [3.05, 3.63) is 23.7 Å². The highest BCUT2D eigenvalue weighted by molar-refractivity contribution is 6.28. The molecule has 3 nitrogen and oxygen atoms in total. The van der Waals surface area contributed by atoms with Gasteiger partial charge in [0.1, 0.15) is 5.65 Å². The van der Waals surface area contributed by atoms with Crippen LogP contribution in [0.25, 0.3) is 11.0 Å². The maximum atomic E-state index is 5.71. The molecule has 0 bridgehead atoms. The van der Waals surface area contributed by atoms with Crippen LogP contribution >= 0.6 is 11.6 Å². The van der Waals surface area contributed by atoms with Crippen LogP contribution in [-0.4, -0.2) is 14.5 Å². The highest BCUT2D eigenvalue weighted by Gasteiger charge is 2.02. The molecule has 0 amide bonds. The predicted octanol–water partition coefficient (Wildman–Crippen LogP) is 2.49.